The average Bonchev–Trinajstić information content (AvgIpc) is 2.94. The molecule has 4 rings (SSSR count). The van der Waals surface area contributed by atoms with Crippen LogP contribution in [0.15, 0.2) is 104 Å². The Morgan fingerprint density at radius 2 is 1.11 bits per heavy atom. The minimum Gasteiger partial charge on any atom is -0.394 e. The first-order valence-corrected chi connectivity index (χ1v) is 12.2. The summed E-state index contributed by atoms with van der Waals surface area (Å²) in [6.07, 6.45) is -1.46. The Bertz CT molecular complexity index is 1010. The van der Waals surface area contributed by atoms with Gasteiger partial charge in [0.25, 0.3) is 0 Å². The highest BCUT2D eigenvalue weighted by Crippen LogP contribution is 2.31. The smallest absolute Gasteiger partial charge is 0.187 e. The molecule has 1 aliphatic heterocycles. The van der Waals surface area contributed by atoms with E-state index in [4.69, 9.17) is 23.7 Å². The van der Waals surface area contributed by atoms with Gasteiger partial charge in [-0.1, -0.05) is 97.1 Å². The summed E-state index contributed by atoms with van der Waals surface area (Å²) in [5.74, 6) is 0. The van der Waals surface area contributed by atoms with Crippen LogP contribution in [0.5, 0.6) is 0 Å². The van der Waals surface area contributed by atoms with Crippen molar-refractivity contribution in [3.05, 3.63) is 120 Å². The summed E-state index contributed by atoms with van der Waals surface area (Å²) in [4.78, 5) is 0. The first kappa shape index (κ1) is 26.2. The third-order valence-corrected chi connectivity index (χ3v) is 6.01. The largest absolute Gasteiger partial charge is 0.394 e. The highest BCUT2D eigenvalue weighted by molar-refractivity contribution is 5.15. The Morgan fingerprint density at radius 1 is 0.639 bits per heavy atom. The number of ether oxygens (including phenoxy) is 5. The lowest BCUT2D eigenvalue weighted by atomic mass is 9.98. The maximum absolute atomic E-state index is 10.2. The predicted molar refractivity (Wildman–Crippen MR) is 137 cm³/mol. The Balaban J connectivity index is 1.56. The molecule has 5 atom stereocenters. The predicted octanol–water partition coefficient (Wildman–Crippen LogP) is 4.66. The van der Waals surface area contributed by atoms with Gasteiger partial charge in [-0.05, 0) is 16.7 Å². The first-order valence-electron chi connectivity index (χ1n) is 12.2. The highest BCUT2D eigenvalue weighted by atomic mass is 16.7. The molecule has 6 nitrogen and oxygen atoms in total. The quantitative estimate of drug-likeness (QED) is 0.352. The molecule has 1 heterocycles. The van der Waals surface area contributed by atoms with Gasteiger partial charge in [0, 0.05) is 0 Å². The second-order valence-corrected chi connectivity index (χ2v) is 8.63. The summed E-state index contributed by atoms with van der Waals surface area (Å²) < 4.78 is 31.3. The topological polar surface area (TPSA) is 66.4 Å². The van der Waals surface area contributed by atoms with E-state index >= 15 is 0 Å². The highest BCUT2D eigenvalue weighted by Gasteiger charge is 2.48. The average molecular weight is 491 g/mol. The van der Waals surface area contributed by atoms with Crippen molar-refractivity contribution >= 4 is 0 Å². The number of hydrogen-bond donors (Lipinski definition) is 1. The van der Waals surface area contributed by atoms with E-state index < -0.39 is 30.7 Å². The molecule has 0 aliphatic carbocycles. The van der Waals surface area contributed by atoms with E-state index in [1.807, 2.05) is 91.0 Å². The van der Waals surface area contributed by atoms with E-state index in [1.54, 1.807) is 6.08 Å². The van der Waals surface area contributed by atoms with Gasteiger partial charge < -0.3 is 28.8 Å². The fraction of sp³-hybridized carbons (Fsp3) is 0.333. The van der Waals surface area contributed by atoms with Gasteiger partial charge in [-0.25, -0.2) is 0 Å². The summed E-state index contributed by atoms with van der Waals surface area (Å²) >= 11 is 0. The molecule has 36 heavy (non-hydrogen) atoms. The van der Waals surface area contributed by atoms with Gasteiger partial charge in [0.2, 0.25) is 0 Å². The number of hydrogen-bond acceptors (Lipinski definition) is 6. The van der Waals surface area contributed by atoms with Gasteiger partial charge in [0.1, 0.15) is 24.4 Å². The van der Waals surface area contributed by atoms with E-state index in [9.17, 15) is 5.11 Å². The van der Waals surface area contributed by atoms with Gasteiger partial charge >= 0.3 is 0 Å². The normalized spacial score (nSPS) is 23.9. The molecule has 1 saturated heterocycles. The molecule has 0 spiro atoms. The van der Waals surface area contributed by atoms with Gasteiger partial charge in [-0.3, -0.25) is 0 Å². The maximum atomic E-state index is 10.2. The summed E-state index contributed by atoms with van der Waals surface area (Å²) in [5, 5.41) is 10.2. The van der Waals surface area contributed by atoms with Crippen LogP contribution in [0, 0.1) is 0 Å². The minimum absolute atomic E-state index is 0.246. The fourth-order valence-electron chi connectivity index (χ4n) is 4.19. The fourth-order valence-corrected chi connectivity index (χ4v) is 4.19. The van der Waals surface area contributed by atoms with Crippen LogP contribution in [0.2, 0.25) is 0 Å². The zero-order valence-electron chi connectivity index (χ0n) is 20.4. The van der Waals surface area contributed by atoms with Gasteiger partial charge in [0.05, 0.1) is 33.0 Å². The van der Waals surface area contributed by atoms with E-state index in [-0.39, 0.29) is 6.61 Å². The summed E-state index contributed by atoms with van der Waals surface area (Å²) in [6.45, 7) is 4.88. The summed E-state index contributed by atoms with van der Waals surface area (Å²) in [6, 6.07) is 29.6. The monoisotopic (exact) mass is 490 g/mol. The Labute approximate surface area is 213 Å². The van der Waals surface area contributed by atoms with Crippen molar-refractivity contribution < 1.29 is 28.8 Å². The van der Waals surface area contributed by atoms with Crippen molar-refractivity contribution in [3.8, 4) is 0 Å². The molecule has 0 aromatic heterocycles. The molecule has 1 fully saturated rings. The van der Waals surface area contributed by atoms with E-state index in [0.717, 1.165) is 16.7 Å². The zero-order chi connectivity index (χ0) is 25.0. The number of rotatable bonds is 13. The van der Waals surface area contributed by atoms with Crippen LogP contribution in [-0.2, 0) is 43.5 Å². The molecular weight excluding hydrogens is 456 g/mol. The Kier molecular flexibility index (Phi) is 10.2. The van der Waals surface area contributed by atoms with Crippen LogP contribution < -0.4 is 0 Å². The van der Waals surface area contributed by atoms with Crippen molar-refractivity contribution in [2.45, 2.75) is 50.5 Å². The van der Waals surface area contributed by atoms with Crippen molar-refractivity contribution in [1.29, 1.82) is 0 Å². The van der Waals surface area contributed by atoms with Crippen LogP contribution in [0.4, 0.5) is 0 Å². The first-order chi connectivity index (χ1) is 17.8. The minimum atomic E-state index is -0.766. The summed E-state index contributed by atoms with van der Waals surface area (Å²) in [5.41, 5.74) is 3.04. The van der Waals surface area contributed by atoms with Crippen LogP contribution in [-0.4, -0.2) is 49.0 Å². The third-order valence-electron chi connectivity index (χ3n) is 6.01. The molecule has 190 valence electrons. The molecule has 0 amide bonds. The molecule has 0 unspecified atom stereocenters. The van der Waals surface area contributed by atoms with Crippen LogP contribution in [0.3, 0.4) is 0 Å². The van der Waals surface area contributed by atoms with Crippen molar-refractivity contribution in [2.24, 2.45) is 0 Å². The molecule has 0 radical (unpaired) electrons. The lowest BCUT2D eigenvalue weighted by Crippen LogP contribution is -2.61. The molecule has 0 saturated carbocycles. The van der Waals surface area contributed by atoms with Crippen LogP contribution in [0.25, 0.3) is 0 Å². The van der Waals surface area contributed by atoms with Crippen molar-refractivity contribution in [1.82, 2.24) is 0 Å². The lowest BCUT2D eigenvalue weighted by molar-refractivity contribution is -0.326. The summed E-state index contributed by atoms with van der Waals surface area (Å²) in [7, 11) is 0. The Hall–Kier alpha value is -2.84. The zero-order valence-corrected chi connectivity index (χ0v) is 20.4. The van der Waals surface area contributed by atoms with E-state index in [1.165, 1.54) is 0 Å². The number of aliphatic hydroxyl groups is 1. The maximum Gasteiger partial charge on any atom is 0.187 e. The molecule has 6 heteroatoms. The SMILES string of the molecule is C=CCO[C@@H]1[C@@H](OCc2ccccc2)[C@@H](OCc2ccccc2)O[C@H](CO)[C@H]1OCc1ccccc1. The second kappa shape index (κ2) is 14.0. The standard InChI is InChI=1S/C30H34O6/c1-2-18-32-28-27(33-20-23-12-6-3-7-13-23)26(19-31)36-30(35-22-25-16-10-5-11-17-25)29(28)34-21-24-14-8-4-9-15-24/h2-17,26-31H,1,18-22H2/t26-,27-,28+,29-,30+/m1/s1. The molecule has 3 aromatic carbocycles. The van der Waals surface area contributed by atoms with Crippen molar-refractivity contribution in [2.75, 3.05) is 13.2 Å². The number of benzene rings is 3. The molecule has 0 bridgehead atoms. The van der Waals surface area contributed by atoms with Crippen LogP contribution >= 0.6 is 0 Å². The lowest BCUT2D eigenvalue weighted by Gasteiger charge is -2.45. The van der Waals surface area contributed by atoms with Crippen LogP contribution in [0.1, 0.15) is 16.7 Å². The second-order valence-electron chi connectivity index (χ2n) is 8.63. The molecular formula is C30H34O6. The van der Waals surface area contributed by atoms with E-state index in [0.29, 0.717) is 26.4 Å². The van der Waals surface area contributed by atoms with Gasteiger partial charge in [-0.15, -0.1) is 6.58 Å². The van der Waals surface area contributed by atoms with Gasteiger partial charge in [0.15, 0.2) is 6.29 Å². The number of aliphatic hydroxyl groups excluding tert-OH is 1. The van der Waals surface area contributed by atoms with E-state index in [2.05, 4.69) is 6.58 Å². The molecule has 1 N–H and O–H groups in total. The van der Waals surface area contributed by atoms with Gasteiger partial charge in [-0.2, -0.15) is 0 Å². The molecule has 3 aromatic rings. The Morgan fingerprint density at radius 3 is 1.58 bits per heavy atom. The molecule has 1 aliphatic rings. The van der Waals surface area contributed by atoms with Crippen molar-refractivity contribution in [3.63, 3.8) is 0 Å². The third kappa shape index (κ3) is 7.34.